The molecule has 1 N–H and O–H groups in total. The molecule has 0 bridgehead atoms. The Balaban J connectivity index is 3.31. The van der Waals surface area contributed by atoms with Crippen molar-refractivity contribution in [1.29, 1.82) is 0 Å². The van der Waals surface area contributed by atoms with Crippen LogP contribution in [0, 0.1) is 6.92 Å². The van der Waals surface area contributed by atoms with Crippen LogP contribution in [-0.4, -0.2) is 50.0 Å². The van der Waals surface area contributed by atoms with Crippen LogP contribution in [0.3, 0.4) is 0 Å². The third kappa shape index (κ3) is 3.79. The van der Waals surface area contributed by atoms with E-state index < -0.39 is 28.5 Å². The van der Waals surface area contributed by atoms with Crippen LogP contribution in [-0.2, 0) is 19.6 Å². The summed E-state index contributed by atoms with van der Waals surface area (Å²) in [5.41, 5.74) is 0.275. The van der Waals surface area contributed by atoms with Crippen molar-refractivity contribution >= 4 is 22.0 Å². The number of likely N-dealkylation sites (N-methyl/N-ethyl adjacent to an activating group) is 1. The van der Waals surface area contributed by atoms with Crippen LogP contribution in [0.15, 0.2) is 23.1 Å². The number of aromatic carboxylic acids is 1. The van der Waals surface area contributed by atoms with E-state index in [9.17, 15) is 18.0 Å². The molecule has 8 heteroatoms. The number of nitrogens with zero attached hydrogens (tertiary/aromatic N) is 1. The van der Waals surface area contributed by atoms with Gasteiger partial charge in [0.2, 0.25) is 10.0 Å². The average Bonchev–Trinajstić information content (AvgIpc) is 2.44. The molecule has 1 aromatic carbocycles. The third-order valence-electron chi connectivity index (χ3n) is 2.94. The molecule has 0 aliphatic heterocycles. The highest BCUT2D eigenvalue weighted by Crippen LogP contribution is 2.21. The fourth-order valence-corrected chi connectivity index (χ4v) is 3.37. The van der Waals surface area contributed by atoms with E-state index in [4.69, 9.17) is 5.11 Å². The molecule has 1 rings (SSSR count). The smallest absolute Gasteiger partial charge is 0.335 e. The van der Waals surface area contributed by atoms with Crippen LogP contribution >= 0.6 is 0 Å². The first-order valence-corrected chi connectivity index (χ1v) is 7.59. The van der Waals surface area contributed by atoms with Crippen LogP contribution in [0.25, 0.3) is 0 Å². The zero-order valence-electron chi connectivity index (χ0n) is 12.0. The summed E-state index contributed by atoms with van der Waals surface area (Å²) in [6, 6.07) is 3.84. The van der Waals surface area contributed by atoms with Gasteiger partial charge in [-0.25, -0.2) is 13.2 Å². The van der Waals surface area contributed by atoms with Gasteiger partial charge in [0.15, 0.2) is 0 Å². The summed E-state index contributed by atoms with van der Waals surface area (Å²) in [5, 5.41) is 8.96. The van der Waals surface area contributed by atoms with Crippen molar-refractivity contribution in [2.45, 2.75) is 18.7 Å². The zero-order valence-corrected chi connectivity index (χ0v) is 12.8. The number of esters is 1. The second kappa shape index (κ2) is 6.68. The molecule has 116 valence electrons. The van der Waals surface area contributed by atoms with E-state index in [1.807, 2.05) is 0 Å². The minimum Gasteiger partial charge on any atom is -0.478 e. The maximum atomic E-state index is 12.5. The predicted octanol–water partition coefficient (Wildman–Crippen LogP) is 0.877. The van der Waals surface area contributed by atoms with Crippen molar-refractivity contribution in [1.82, 2.24) is 4.31 Å². The molecule has 0 unspecified atom stereocenters. The largest absolute Gasteiger partial charge is 0.478 e. The normalized spacial score (nSPS) is 11.4. The maximum absolute atomic E-state index is 12.5. The van der Waals surface area contributed by atoms with Gasteiger partial charge in [-0.05, 0) is 24.6 Å². The van der Waals surface area contributed by atoms with Crippen LogP contribution < -0.4 is 0 Å². The Bertz CT molecular complexity index is 653. The second-order valence-corrected chi connectivity index (χ2v) is 6.20. The molecule has 0 spiro atoms. The van der Waals surface area contributed by atoms with Crippen LogP contribution in [0.5, 0.6) is 0 Å². The highest BCUT2D eigenvalue weighted by Gasteiger charge is 2.27. The molecule has 0 saturated carbocycles. The van der Waals surface area contributed by atoms with Gasteiger partial charge < -0.3 is 9.84 Å². The number of ether oxygens (including phenoxy) is 1. The molecular formula is C13H17NO6S. The number of aryl methyl sites for hydroxylation is 1. The minimum absolute atomic E-state index is 0.0637. The number of benzene rings is 1. The molecule has 0 aliphatic carbocycles. The lowest BCUT2D eigenvalue weighted by atomic mass is 10.1. The van der Waals surface area contributed by atoms with E-state index in [1.54, 1.807) is 13.8 Å². The average molecular weight is 315 g/mol. The standard InChI is InChI=1S/C13H17NO6S/c1-4-14(8-12(15)20-3)21(18,19)11-7-10(13(16)17)6-5-9(11)2/h5-7H,4,8H2,1-3H3,(H,16,17). The van der Waals surface area contributed by atoms with Crippen LogP contribution in [0.1, 0.15) is 22.8 Å². The summed E-state index contributed by atoms with van der Waals surface area (Å²) in [7, 11) is -2.81. The van der Waals surface area contributed by atoms with Crippen molar-refractivity contribution in [3.05, 3.63) is 29.3 Å². The van der Waals surface area contributed by atoms with Crippen molar-refractivity contribution in [3.63, 3.8) is 0 Å². The number of carbonyl (C=O) groups is 2. The number of hydrogen-bond acceptors (Lipinski definition) is 5. The molecule has 0 atom stereocenters. The molecule has 21 heavy (non-hydrogen) atoms. The van der Waals surface area contributed by atoms with Gasteiger partial charge in [0.25, 0.3) is 0 Å². The summed E-state index contributed by atoms with van der Waals surface area (Å²) in [6.07, 6.45) is 0. The summed E-state index contributed by atoms with van der Waals surface area (Å²) < 4.78 is 30.5. The molecule has 0 saturated heterocycles. The molecule has 1 aromatic rings. The molecule has 7 nitrogen and oxygen atoms in total. The molecule has 0 radical (unpaired) electrons. The Hall–Kier alpha value is -1.93. The van der Waals surface area contributed by atoms with E-state index in [2.05, 4.69) is 4.74 Å². The van der Waals surface area contributed by atoms with Crippen molar-refractivity contribution in [2.75, 3.05) is 20.2 Å². The van der Waals surface area contributed by atoms with Gasteiger partial charge >= 0.3 is 11.9 Å². The summed E-state index contributed by atoms with van der Waals surface area (Å²) in [5.74, 6) is -1.91. The lowest BCUT2D eigenvalue weighted by Gasteiger charge is -2.20. The van der Waals surface area contributed by atoms with Gasteiger partial charge in [-0.15, -0.1) is 0 Å². The SMILES string of the molecule is CCN(CC(=O)OC)S(=O)(=O)c1cc(C(=O)O)ccc1C. The highest BCUT2D eigenvalue weighted by atomic mass is 32.2. The maximum Gasteiger partial charge on any atom is 0.335 e. The fourth-order valence-electron chi connectivity index (χ4n) is 1.73. The molecule has 0 aliphatic rings. The van der Waals surface area contributed by atoms with Gasteiger partial charge in [0, 0.05) is 6.54 Å². The first-order chi connectivity index (χ1) is 9.73. The second-order valence-electron chi connectivity index (χ2n) is 4.29. The molecule has 0 fully saturated rings. The Labute approximate surface area is 123 Å². The van der Waals surface area contributed by atoms with Crippen molar-refractivity contribution in [2.24, 2.45) is 0 Å². The number of carbonyl (C=O) groups excluding carboxylic acids is 1. The molecule has 0 heterocycles. The molecule has 0 aromatic heterocycles. The Kier molecular flexibility index (Phi) is 5.45. The summed E-state index contributed by atoms with van der Waals surface area (Å²) >= 11 is 0. The number of rotatable bonds is 6. The first kappa shape index (κ1) is 17.1. The fraction of sp³-hybridized carbons (Fsp3) is 0.385. The number of carboxylic acids is 1. The molecule has 0 amide bonds. The number of carboxylic acid groups (broad SMARTS) is 1. The number of methoxy groups -OCH3 is 1. The van der Waals surface area contributed by atoms with Gasteiger partial charge in [-0.1, -0.05) is 13.0 Å². The van der Waals surface area contributed by atoms with E-state index in [0.29, 0.717) is 5.56 Å². The number of sulfonamides is 1. The van der Waals surface area contributed by atoms with E-state index >= 15 is 0 Å². The molecular weight excluding hydrogens is 298 g/mol. The Morgan fingerprint density at radius 3 is 2.43 bits per heavy atom. The Morgan fingerprint density at radius 2 is 1.95 bits per heavy atom. The number of hydrogen-bond donors (Lipinski definition) is 1. The lowest BCUT2D eigenvalue weighted by Crippen LogP contribution is -2.36. The predicted molar refractivity (Wildman–Crippen MR) is 74.6 cm³/mol. The highest BCUT2D eigenvalue weighted by molar-refractivity contribution is 7.89. The van der Waals surface area contributed by atoms with Gasteiger partial charge in [-0.2, -0.15) is 4.31 Å². The summed E-state index contributed by atoms with van der Waals surface area (Å²) in [6.45, 7) is 2.78. The van der Waals surface area contributed by atoms with E-state index in [0.717, 1.165) is 10.4 Å². The topological polar surface area (TPSA) is 101 Å². The van der Waals surface area contributed by atoms with E-state index in [1.165, 1.54) is 19.2 Å². The zero-order chi connectivity index (χ0) is 16.2. The van der Waals surface area contributed by atoms with Gasteiger partial charge in [0.1, 0.15) is 6.54 Å². The van der Waals surface area contributed by atoms with Crippen LogP contribution in [0.2, 0.25) is 0 Å². The quantitative estimate of drug-likeness (QED) is 0.782. The minimum atomic E-state index is -3.97. The van der Waals surface area contributed by atoms with Crippen molar-refractivity contribution in [3.8, 4) is 0 Å². The third-order valence-corrected chi connectivity index (χ3v) is 5.00. The first-order valence-electron chi connectivity index (χ1n) is 6.15. The Morgan fingerprint density at radius 1 is 1.33 bits per heavy atom. The summed E-state index contributed by atoms with van der Waals surface area (Å²) in [4.78, 5) is 22.1. The van der Waals surface area contributed by atoms with E-state index in [-0.39, 0.29) is 17.0 Å². The monoisotopic (exact) mass is 315 g/mol. The van der Waals surface area contributed by atoms with Gasteiger partial charge in [0.05, 0.1) is 17.6 Å². The lowest BCUT2D eigenvalue weighted by molar-refractivity contribution is -0.140. The van der Waals surface area contributed by atoms with Crippen LogP contribution in [0.4, 0.5) is 0 Å². The van der Waals surface area contributed by atoms with Gasteiger partial charge in [-0.3, -0.25) is 4.79 Å². The van der Waals surface area contributed by atoms with Crippen molar-refractivity contribution < 1.29 is 27.9 Å².